The van der Waals surface area contributed by atoms with Crippen LogP contribution in [0.4, 0.5) is 5.69 Å². The lowest BCUT2D eigenvalue weighted by Gasteiger charge is -2.13. The highest BCUT2D eigenvalue weighted by atomic mass is 16.5. The summed E-state index contributed by atoms with van der Waals surface area (Å²) in [7, 11) is 0. The topological polar surface area (TPSA) is 84.7 Å². The first-order valence-corrected chi connectivity index (χ1v) is 9.36. The van der Waals surface area contributed by atoms with Gasteiger partial charge in [0.15, 0.2) is 0 Å². The number of aryl methyl sites for hydroxylation is 1. The molecule has 1 aromatic carbocycles. The van der Waals surface area contributed by atoms with Crippen molar-refractivity contribution < 1.29 is 14.3 Å². The van der Waals surface area contributed by atoms with Crippen LogP contribution in [-0.2, 0) is 4.74 Å². The maximum absolute atomic E-state index is 12.7. The minimum absolute atomic E-state index is 0.0622. The molecule has 1 atom stereocenters. The van der Waals surface area contributed by atoms with Crippen molar-refractivity contribution in [2.75, 3.05) is 18.5 Å². The number of carbonyl (C=O) groups excluding carboxylic acids is 2. The van der Waals surface area contributed by atoms with E-state index in [-0.39, 0.29) is 17.9 Å². The molecule has 2 N–H and O–H groups in total. The van der Waals surface area contributed by atoms with Gasteiger partial charge in [-0.3, -0.25) is 9.59 Å². The van der Waals surface area contributed by atoms with E-state index in [1.807, 2.05) is 25.3 Å². The maximum atomic E-state index is 12.7. The van der Waals surface area contributed by atoms with Crippen LogP contribution in [0.15, 0.2) is 48.8 Å². The van der Waals surface area contributed by atoms with Gasteiger partial charge in [0, 0.05) is 25.5 Å². The van der Waals surface area contributed by atoms with E-state index in [9.17, 15) is 9.59 Å². The number of para-hydroxylation sites is 1. The van der Waals surface area contributed by atoms with Gasteiger partial charge in [-0.25, -0.2) is 4.98 Å². The van der Waals surface area contributed by atoms with E-state index in [4.69, 9.17) is 4.74 Å². The fraction of sp³-hybridized carbons (Fsp3) is 0.286. The molecule has 1 saturated heterocycles. The Morgan fingerprint density at radius 3 is 2.93 bits per heavy atom. The van der Waals surface area contributed by atoms with Crippen LogP contribution in [0.25, 0.3) is 5.65 Å². The van der Waals surface area contributed by atoms with Crippen molar-refractivity contribution in [3.05, 3.63) is 65.6 Å². The Morgan fingerprint density at radius 2 is 2.11 bits per heavy atom. The molecule has 0 spiro atoms. The monoisotopic (exact) mass is 378 g/mol. The average Bonchev–Trinajstić information content (AvgIpc) is 3.35. The first-order chi connectivity index (χ1) is 13.6. The molecule has 1 aliphatic heterocycles. The van der Waals surface area contributed by atoms with Crippen molar-refractivity contribution in [1.29, 1.82) is 0 Å². The Labute approximate surface area is 162 Å². The van der Waals surface area contributed by atoms with Gasteiger partial charge in [-0.15, -0.1) is 0 Å². The van der Waals surface area contributed by atoms with Crippen LogP contribution >= 0.6 is 0 Å². The SMILES string of the molecule is Cc1ccn2cc(C(=O)Nc3ccccc3C(=O)NC[C@@H]3CCCO3)nc2c1. The summed E-state index contributed by atoms with van der Waals surface area (Å²) in [4.78, 5) is 29.6. The lowest BCUT2D eigenvalue weighted by Crippen LogP contribution is -2.32. The zero-order chi connectivity index (χ0) is 19.5. The summed E-state index contributed by atoms with van der Waals surface area (Å²) in [6.07, 6.45) is 5.57. The molecular formula is C21H22N4O3. The number of carbonyl (C=O) groups is 2. The molecule has 3 heterocycles. The molecule has 0 saturated carbocycles. The Balaban J connectivity index is 1.49. The number of pyridine rings is 1. The second-order valence-corrected chi connectivity index (χ2v) is 6.94. The van der Waals surface area contributed by atoms with E-state index in [0.717, 1.165) is 25.0 Å². The quantitative estimate of drug-likeness (QED) is 0.715. The van der Waals surface area contributed by atoms with Crippen LogP contribution in [0.5, 0.6) is 0 Å². The number of fused-ring (bicyclic) bond motifs is 1. The Hall–Kier alpha value is -3.19. The number of benzene rings is 1. The minimum atomic E-state index is -0.360. The molecule has 0 bridgehead atoms. The highest BCUT2D eigenvalue weighted by Gasteiger charge is 2.19. The van der Waals surface area contributed by atoms with Gasteiger partial charge < -0.3 is 19.8 Å². The standard InChI is InChI=1S/C21H22N4O3/c1-14-8-9-25-13-18(23-19(25)11-14)21(27)24-17-7-3-2-6-16(17)20(26)22-12-15-5-4-10-28-15/h2-3,6-9,11,13,15H,4-5,10,12H2,1H3,(H,22,26)(H,24,27)/t15-/m0/s1. The number of rotatable bonds is 5. The van der Waals surface area contributed by atoms with Crippen molar-refractivity contribution in [2.24, 2.45) is 0 Å². The third-order valence-corrected chi connectivity index (χ3v) is 4.78. The van der Waals surface area contributed by atoms with Gasteiger partial charge in [-0.05, 0) is 49.6 Å². The fourth-order valence-corrected chi connectivity index (χ4v) is 3.28. The molecule has 7 nitrogen and oxygen atoms in total. The molecule has 3 aromatic rings. The molecule has 7 heteroatoms. The van der Waals surface area contributed by atoms with Gasteiger partial charge in [-0.1, -0.05) is 12.1 Å². The first kappa shape index (κ1) is 18.2. The van der Waals surface area contributed by atoms with E-state index in [1.54, 1.807) is 34.9 Å². The smallest absolute Gasteiger partial charge is 0.275 e. The van der Waals surface area contributed by atoms with Gasteiger partial charge in [0.1, 0.15) is 11.3 Å². The van der Waals surface area contributed by atoms with Crippen LogP contribution in [0.2, 0.25) is 0 Å². The van der Waals surface area contributed by atoms with Crippen LogP contribution in [-0.4, -0.2) is 40.5 Å². The van der Waals surface area contributed by atoms with Crippen LogP contribution < -0.4 is 10.6 Å². The zero-order valence-electron chi connectivity index (χ0n) is 15.6. The second-order valence-electron chi connectivity index (χ2n) is 6.94. The molecular weight excluding hydrogens is 356 g/mol. The second kappa shape index (κ2) is 7.82. The number of amides is 2. The van der Waals surface area contributed by atoms with Crippen molar-refractivity contribution in [3.63, 3.8) is 0 Å². The summed E-state index contributed by atoms with van der Waals surface area (Å²) in [5.74, 6) is -0.599. The lowest BCUT2D eigenvalue weighted by molar-refractivity contribution is 0.0858. The number of aromatic nitrogens is 2. The molecule has 0 unspecified atom stereocenters. The number of anilines is 1. The Morgan fingerprint density at radius 1 is 1.25 bits per heavy atom. The summed E-state index contributed by atoms with van der Waals surface area (Å²) in [5, 5.41) is 5.69. The third-order valence-electron chi connectivity index (χ3n) is 4.78. The Kier molecular flexibility index (Phi) is 5.08. The molecule has 1 fully saturated rings. The molecule has 144 valence electrons. The molecule has 2 aromatic heterocycles. The predicted octanol–water partition coefficient (Wildman–Crippen LogP) is 2.80. The van der Waals surface area contributed by atoms with Crippen molar-refractivity contribution >= 4 is 23.1 Å². The van der Waals surface area contributed by atoms with E-state index in [0.29, 0.717) is 29.1 Å². The molecule has 0 radical (unpaired) electrons. The van der Waals surface area contributed by atoms with Gasteiger partial charge in [-0.2, -0.15) is 0 Å². The maximum Gasteiger partial charge on any atom is 0.275 e. The van der Waals surface area contributed by atoms with Crippen LogP contribution in [0.3, 0.4) is 0 Å². The first-order valence-electron chi connectivity index (χ1n) is 9.36. The number of hydrogen-bond acceptors (Lipinski definition) is 4. The number of nitrogens with zero attached hydrogens (tertiary/aromatic N) is 2. The lowest BCUT2D eigenvalue weighted by atomic mass is 10.1. The summed E-state index contributed by atoms with van der Waals surface area (Å²) in [6, 6.07) is 10.8. The number of imidazole rings is 1. The van der Waals surface area contributed by atoms with Gasteiger partial charge >= 0.3 is 0 Å². The number of hydrogen-bond donors (Lipinski definition) is 2. The molecule has 2 amide bonds. The van der Waals surface area contributed by atoms with Crippen molar-refractivity contribution in [3.8, 4) is 0 Å². The van der Waals surface area contributed by atoms with Crippen molar-refractivity contribution in [1.82, 2.24) is 14.7 Å². The minimum Gasteiger partial charge on any atom is -0.376 e. The zero-order valence-corrected chi connectivity index (χ0v) is 15.6. The van der Waals surface area contributed by atoms with Crippen LogP contribution in [0.1, 0.15) is 39.3 Å². The fourth-order valence-electron chi connectivity index (χ4n) is 3.28. The number of nitrogens with one attached hydrogen (secondary N) is 2. The largest absolute Gasteiger partial charge is 0.376 e. The van der Waals surface area contributed by atoms with E-state index < -0.39 is 0 Å². The molecule has 28 heavy (non-hydrogen) atoms. The summed E-state index contributed by atoms with van der Waals surface area (Å²) < 4.78 is 7.33. The van der Waals surface area contributed by atoms with E-state index >= 15 is 0 Å². The summed E-state index contributed by atoms with van der Waals surface area (Å²) in [5.41, 5.74) is 2.92. The Bertz CT molecular complexity index is 1020. The third kappa shape index (κ3) is 3.89. The summed E-state index contributed by atoms with van der Waals surface area (Å²) >= 11 is 0. The van der Waals surface area contributed by atoms with Gasteiger partial charge in [0.2, 0.25) is 0 Å². The normalized spacial score (nSPS) is 16.2. The van der Waals surface area contributed by atoms with E-state index in [1.165, 1.54) is 0 Å². The van der Waals surface area contributed by atoms with Crippen LogP contribution in [0, 0.1) is 6.92 Å². The predicted molar refractivity (Wildman–Crippen MR) is 106 cm³/mol. The average molecular weight is 378 g/mol. The molecule has 1 aliphatic rings. The number of ether oxygens (including phenoxy) is 1. The highest BCUT2D eigenvalue weighted by molar-refractivity contribution is 6.08. The summed E-state index contributed by atoms with van der Waals surface area (Å²) in [6.45, 7) is 3.18. The van der Waals surface area contributed by atoms with Gasteiger partial charge in [0.05, 0.1) is 17.4 Å². The van der Waals surface area contributed by atoms with Crippen molar-refractivity contribution in [2.45, 2.75) is 25.9 Å². The highest BCUT2D eigenvalue weighted by Crippen LogP contribution is 2.17. The molecule has 4 rings (SSSR count). The molecule has 0 aliphatic carbocycles. The van der Waals surface area contributed by atoms with Gasteiger partial charge in [0.25, 0.3) is 11.8 Å². The van der Waals surface area contributed by atoms with E-state index in [2.05, 4.69) is 15.6 Å².